The molecule has 1 aliphatic rings. The molecule has 0 saturated carbocycles. The molecule has 0 aromatic heterocycles. The maximum Gasteiger partial charge on any atom is 0.198 e. The van der Waals surface area contributed by atoms with Crippen molar-refractivity contribution in [3.8, 4) is 0 Å². The Morgan fingerprint density at radius 2 is 1.77 bits per heavy atom. The summed E-state index contributed by atoms with van der Waals surface area (Å²) in [5.74, 6) is 0.988. The maximum atomic E-state index is 4.75. The van der Waals surface area contributed by atoms with Crippen LogP contribution in [0.3, 0.4) is 0 Å². The van der Waals surface area contributed by atoms with Gasteiger partial charge in [-0.3, -0.25) is 4.99 Å². The van der Waals surface area contributed by atoms with Gasteiger partial charge in [0.05, 0.1) is 6.54 Å². The van der Waals surface area contributed by atoms with E-state index >= 15 is 0 Å². The molecule has 2 aromatic carbocycles. The minimum Gasteiger partial charge on any atom is -0.356 e. The molecule has 4 heteroatoms. The van der Waals surface area contributed by atoms with Gasteiger partial charge in [0.25, 0.3) is 0 Å². The van der Waals surface area contributed by atoms with E-state index in [0.29, 0.717) is 0 Å². The summed E-state index contributed by atoms with van der Waals surface area (Å²) in [5, 5.41) is 3.49. The minimum atomic E-state index is 0.827. The van der Waals surface area contributed by atoms with Crippen LogP contribution >= 0.6 is 22.6 Å². The van der Waals surface area contributed by atoms with Gasteiger partial charge in [0.1, 0.15) is 0 Å². The number of benzene rings is 2. The molecule has 22 heavy (non-hydrogen) atoms. The van der Waals surface area contributed by atoms with Crippen molar-refractivity contribution in [1.82, 2.24) is 5.32 Å². The van der Waals surface area contributed by atoms with Crippen molar-refractivity contribution in [3.05, 3.63) is 63.7 Å². The summed E-state index contributed by atoms with van der Waals surface area (Å²) in [6, 6.07) is 19.2. The molecule has 0 bridgehead atoms. The Kier molecular flexibility index (Phi) is 5.32. The highest BCUT2D eigenvalue weighted by atomic mass is 127. The second kappa shape index (κ2) is 7.63. The third-order valence-electron chi connectivity index (χ3n) is 3.71. The Labute approximate surface area is 145 Å². The zero-order chi connectivity index (χ0) is 15.2. The van der Waals surface area contributed by atoms with Gasteiger partial charge >= 0.3 is 0 Å². The first-order valence-electron chi connectivity index (χ1n) is 7.68. The van der Waals surface area contributed by atoms with Gasteiger partial charge in [0, 0.05) is 22.3 Å². The molecule has 1 N–H and O–H groups in total. The number of hydrogen-bond donors (Lipinski definition) is 1. The van der Waals surface area contributed by atoms with E-state index in [2.05, 4.69) is 87.4 Å². The Balaban J connectivity index is 1.90. The Hall–Kier alpha value is -1.56. The zero-order valence-corrected chi connectivity index (χ0v) is 14.7. The molecule has 0 radical (unpaired) electrons. The number of aliphatic imine (C=N–C) groups is 1. The van der Waals surface area contributed by atoms with Gasteiger partial charge in [-0.2, -0.15) is 0 Å². The molecule has 0 spiro atoms. The molecule has 0 aliphatic carbocycles. The average molecular weight is 405 g/mol. The first-order chi connectivity index (χ1) is 10.8. The lowest BCUT2D eigenvalue weighted by atomic mass is 10.2. The molecule has 1 aliphatic heterocycles. The van der Waals surface area contributed by atoms with Crippen LogP contribution in [0.1, 0.15) is 18.4 Å². The van der Waals surface area contributed by atoms with Crippen LogP contribution in [0.25, 0.3) is 0 Å². The van der Waals surface area contributed by atoms with Gasteiger partial charge < -0.3 is 10.2 Å². The maximum absolute atomic E-state index is 4.75. The summed E-state index contributed by atoms with van der Waals surface area (Å²) in [6.07, 6.45) is 2.33. The Bertz CT molecular complexity index is 623. The fraction of sp³-hybridized carbons (Fsp3) is 0.278. The van der Waals surface area contributed by atoms with Gasteiger partial charge in [0.2, 0.25) is 0 Å². The first kappa shape index (κ1) is 15.3. The molecule has 0 amide bonds. The monoisotopic (exact) mass is 405 g/mol. The molecule has 1 heterocycles. The summed E-state index contributed by atoms with van der Waals surface area (Å²) in [7, 11) is 0. The Morgan fingerprint density at radius 1 is 1.00 bits per heavy atom. The fourth-order valence-electron chi connectivity index (χ4n) is 2.53. The van der Waals surface area contributed by atoms with Gasteiger partial charge in [0.15, 0.2) is 5.96 Å². The predicted octanol–water partition coefficient (Wildman–Crippen LogP) is 4.04. The van der Waals surface area contributed by atoms with Crippen LogP contribution in [0.2, 0.25) is 0 Å². The SMILES string of the molecule is Ic1ccc(N(Cc2ccccc2)C2=NCCCCN2)cc1. The van der Waals surface area contributed by atoms with Gasteiger partial charge in [-0.25, -0.2) is 0 Å². The molecule has 2 aromatic rings. The normalized spacial score (nSPS) is 14.7. The van der Waals surface area contributed by atoms with Crippen molar-refractivity contribution in [2.75, 3.05) is 18.0 Å². The summed E-state index contributed by atoms with van der Waals surface area (Å²) in [5.41, 5.74) is 2.47. The summed E-state index contributed by atoms with van der Waals surface area (Å²) >= 11 is 2.34. The number of rotatable bonds is 3. The van der Waals surface area contributed by atoms with Gasteiger partial charge in [-0.05, 0) is 65.3 Å². The molecule has 3 rings (SSSR count). The average Bonchev–Trinajstić information content (AvgIpc) is 2.84. The molecule has 3 nitrogen and oxygen atoms in total. The van der Waals surface area contributed by atoms with Crippen molar-refractivity contribution < 1.29 is 0 Å². The number of guanidine groups is 1. The van der Waals surface area contributed by atoms with Gasteiger partial charge in [-0.15, -0.1) is 0 Å². The van der Waals surface area contributed by atoms with E-state index in [4.69, 9.17) is 4.99 Å². The lowest BCUT2D eigenvalue weighted by Gasteiger charge is -2.26. The van der Waals surface area contributed by atoms with Gasteiger partial charge in [-0.1, -0.05) is 30.3 Å². The largest absolute Gasteiger partial charge is 0.356 e. The fourth-order valence-corrected chi connectivity index (χ4v) is 2.89. The summed E-state index contributed by atoms with van der Waals surface area (Å²) < 4.78 is 1.25. The van der Waals surface area contributed by atoms with E-state index in [-0.39, 0.29) is 0 Å². The highest BCUT2D eigenvalue weighted by Gasteiger charge is 2.15. The molecular weight excluding hydrogens is 385 g/mol. The first-order valence-corrected chi connectivity index (χ1v) is 8.76. The van der Waals surface area contributed by atoms with Crippen molar-refractivity contribution in [3.63, 3.8) is 0 Å². The van der Waals surface area contributed by atoms with E-state index in [0.717, 1.165) is 32.0 Å². The molecule has 0 unspecified atom stereocenters. The summed E-state index contributed by atoms with van der Waals surface area (Å²) in [4.78, 5) is 7.02. The molecule has 0 saturated heterocycles. The quantitative estimate of drug-likeness (QED) is 0.781. The molecule has 114 valence electrons. The van der Waals surface area contributed by atoms with Crippen LogP contribution in [0.15, 0.2) is 59.6 Å². The van der Waals surface area contributed by atoms with Crippen LogP contribution in [0.4, 0.5) is 5.69 Å². The molecule has 0 fully saturated rings. The number of nitrogens with one attached hydrogen (secondary N) is 1. The lowest BCUT2D eigenvalue weighted by Crippen LogP contribution is -2.41. The lowest BCUT2D eigenvalue weighted by molar-refractivity contribution is 0.746. The van der Waals surface area contributed by atoms with E-state index in [1.54, 1.807) is 0 Å². The van der Waals surface area contributed by atoms with Crippen LogP contribution in [0, 0.1) is 3.57 Å². The van der Waals surface area contributed by atoms with Crippen LogP contribution in [0.5, 0.6) is 0 Å². The number of nitrogens with zero attached hydrogens (tertiary/aromatic N) is 2. The van der Waals surface area contributed by atoms with Crippen molar-refractivity contribution >= 4 is 34.2 Å². The second-order valence-corrected chi connectivity index (χ2v) is 6.63. The van der Waals surface area contributed by atoms with E-state index < -0.39 is 0 Å². The van der Waals surface area contributed by atoms with E-state index in [1.165, 1.54) is 21.2 Å². The summed E-state index contributed by atoms with van der Waals surface area (Å²) in [6.45, 7) is 2.72. The minimum absolute atomic E-state index is 0.827. The molecule has 0 atom stereocenters. The van der Waals surface area contributed by atoms with E-state index in [1.807, 2.05) is 0 Å². The van der Waals surface area contributed by atoms with E-state index in [9.17, 15) is 0 Å². The third kappa shape index (κ3) is 4.00. The van der Waals surface area contributed by atoms with Crippen LogP contribution < -0.4 is 10.2 Å². The van der Waals surface area contributed by atoms with Crippen LogP contribution in [-0.4, -0.2) is 19.0 Å². The predicted molar refractivity (Wildman–Crippen MR) is 101 cm³/mol. The third-order valence-corrected chi connectivity index (χ3v) is 4.43. The van der Waals surface area contributed by atoms with Crippen molar-refractivity contribution in [1.29, 1.82) is 0 Å². The van der Waals surface area contributed by atoms with Crippen molar-refractivity contribution in [2.45, 2.75) is 19.4 Å². The standard InChI is InChI=1S/C18H20IN3/c19-16-8-10-17(11-9-16)22(14-15-6-2-1-3-7-15)18-20-12-4-5-13-21-18/h1-3,6-11H,4-5,12-14H2,(H,20,21). The Morgan fingerprint density at radius 3 is 2.55 bits per heavy atom. The topological polar surface area (TPSA) is 27.6 Å². The number of halogens is 1. The van der Waals surface area contributed by atoms with Crippen molar-refractivity contribution in [2.24, 2.45) is 4.99 Å². The molecular formula is C18H20IN3. The smallest absolute Gasteiger partial charge is 0.198 e. The van der Waals surface area contributed by atoms with Crippen LogP contribution in [-0.2, 0) is 6.54 Å². The number of hydrogen-bond acceptors (Lipinski definition) is 3. The number of anilines is 1. The highest BCUT2D eigenvalue weighted by molar-refractivity contribution is 14.1. The zero-order valence-electron chi connectivity index (χ0n) is 12.5. The highest BCUT2D eigenvalue weighted by Crippen LogP contribution is 2.20. The second-order valence-electron chi connectivity index (χ2n) is 5.39.